The van der Waals surface area contributed by atoms with Crippen LogP contribution in [0.3, 0.4) is 0 Å². The maximum absolute atomic E-state index is 11.9. The van der Waals surface area contributed by atoms with Crippen molar-refractivity contribution in [3.63, 3.8) is 0 Å². The molecule has 0 atom stereocenters. The van der Waals surface area contributed by atoms with Gasteiger partial charge in [0, 0.05) is 5.02 Å². The van der Waals surface area contributed by atoms with E-state index in [0.29, 0.717) is 5.02 Å². The Bertz CT molecular complexity index is 451. The number of hydrogen-bond donors (Lipinski definition) is 0. The maximum atomic E-state index is 11.9. The normalized spacial score (nSPS) is 12.8. The van der Waals surface area contributed by atoms with E-state index in [4.69, 9.17) is 11.6 Å². The summed E-state index contributed by atoms with van der Waals surface area (Å²) >= 11 is 5.54. The second-order valence-corrected chi connectivity index (χ2v) is 5.68. The van der Waals surface area contributed by atoms with Crippen molar-refractivity contribution in [3.8, 4) is 0 Å². The molecule has 7 heteroatoms. The van der Waals surface area contributed by atoms with E-state index in [1.54, 1.807) is 0 Å². The summed E-state index contributed by atoms with van der Waals surface area (Å²) in [6.45, 7) is 0. The molecule has 0 aliphatic rings. The van der Waals surface area contributed by atoms with Crippen molar-refractivity contribution in [3.05, 3.63) is 29.3 Å². The Morgan fingerprint density at radius 1 is 1.12 bits per heavy atom. The van der Waals surface area contributed by atoms with Crippen molar-refractivity contribution in [1.82, 2.24) is 0 Å². The Balaban J connectivity index is 2.83. The van der Waals surface area contributed by atoms with Crippen LogP contribution in [0.2, 0.25) is 5.02 Å². The van der Waals surface area contributed by atoms with Crippen molar-refractivity contribution in [2.75, 3.05) is 5.75 Å². The van der Waals surface area contributed by atoms with Gasteiger partial charge < -0.3 is 0 Å². The smallest absolute Gasteiger partial charge is 0.224 e. The first-order valence-corrected chi connectivity index (χ1v) is 6.29. The van der Waals surface area contributed by atoms with E-state index < -0.39 is 28.2 Å². The minimum absolute atomic E-state index is 0.152. The Labute approximate surface area is 96.0 Å². The fraction of sp³-hybridized carbons (Fsp3) is 0.333. The van der Waals surface area contributed by atoms with E-state index in [0.717, 1.165) is 0 Å². The van der Waals surface area contributed by atoms with Gasteiger partial charge in [-0.3, -0.25) is 0 Å². The number of sulfone groups is 1. The standard InChI is InChI=1S/C9H8ClF3O2S/c10-7-1-3-8(4-2-7)16(14,15)6-5-9(11,12)13/h1-4H,5-6H2. The molecule has 0 bridgehead atoms. The van der Waals surface area contributed by atoms with Crippen LogP contribution >= 0.6 is 11.6 Å². The van der Waals surface area contributed by atoms with E-state index in [-0.39, 0.29) is 4.90 Å². The van der Waals surface area contributed by atoms with Crippen LogP contribution in [0.1, 0.15) is 6.42 Å². The van der Waals surface area contributed by atoms with Gasteiger partial charge in [-0.1, -0.05) is 11.6 Å². The van der Waals surface area contributed by atoms with Gasteiger partial charge in [0.05, 0.1) is 17.1 Å². The molecule has 0 saturated carbocycles. The Hall–Kier alpha value is -0.750. The summed E-state index contributed by atoms with van der Waals surface area (Å²) in [6.07, 6.45) is -5.82. The molecular formula is C9H8ClF3O2S. The molecule has 0 spiro atoms. The molecule has 0 heterocycles. The molecule has 90 valence electrons. The summed E-state index contributed by atoms with van der Waals surface area (Å²) in [6, 6.07) is 5.02. The summed E-state index contributed by atoms with van der Waals surface area (Å²) in [4.78, 5) is -0.152. The third kappa shape index (κ3) is 4.02. The van der Waals surface area contributed by atoms with Crippen LogP contribution in [0.4, 0.5) is 13.2 Å². The lowest BCUT2D eigenvalue weighted by Gasteiger charge is -2.07. The van der Waals surface area contributed by atoms with Crippen LogP contribution in [0.25, 0.3) is 0 Å². The van der Waals surface area contributed by atoms with E-state index in [1.165, 1.54) is 24.3 Å². The lowest BCUT2D eigenvalue weighted by Crippen LogP contribution is -2.16. The summed E-state index contributed by atoms with van der Waals surface area (Å²) in [5, 5.41) is 0.328. The molecule has 0 aliphatic carbocycles. The molecule has 1 aromatic carbocycles. The molecule has 0 unspecified atom stereocenters. The summed E-state index contributed by atoms with van der Waals surface area (Å²) < 4.78 is 58.5. The van der Waals surface area contributed by atoms with Gasteiger partial charge in [0.15, 0.2) is 9.84 Å². The van der Waals surface area contributed by atoms with Gasteiger partial charge >= 0.3 is 6.18 Å². The SMILES string of the molecule is O=S(=O)(CCC(F)(F)F)c1ccc(Cl)cc1. The minimum Gasteiger partial charge on any atom is -0.224 e. The molecule has 1 rings (SSSR count). The van der Waals surface area contributed by atoms with Gasteiger partial charge in [0.1, 0.15) is 0 Å². The molecule has 2 nitrogen and oxygen atoms in total. The highest BCUT2D eigenvalue weighted by molar-refractivity contribution is 7.91. The molecule has 0 aliphatic heterocycles. The molecule has 0 saturated heterocycles. The Kier molecular flexibility index (Phi) is 3.85. The van der Waals surface area contributed by atoms with Crippen LogP contribution in [0.15, 0.2) is 29.2 Å². The summed E-state index contributed by atoms with van der Waals surface area (Å²) in [5.74, 6) is -0.946. The van der Waals surface area contributed by atoms with Crippen molar-refractivity contribution >= 4 is 21.4 Å². The van der Waals surface area contributed by atoms with Crippen molar-refractivity contribution in [2.24, 2.45) is 0 Å². The van der Waals surface area contributed by atoms with E-state index >= 15 is 0 Å². The molecule has 0 amide bonds. The summed E-state index contributed by atoms with van der Waals surface area (Å²) in [7, 11) is -3.89. The van der Waals surface area contributed by atoms with Gasteiger partial charge in [-0.05, 0) is 24.3 Å². The first-order valence-electron chi connectivity index (χ1n) is 4.26. The van der Waals surface area contributed by atoms with E-state index in [9.17, 15) is 21.6 Å². The highest BCUT2D eigenvalue weighted by atomic mass is 35.5. The van der Waals surface area contributed by atoms with Crippen molar-refractivity contribution in [2.45, 2.75) is 17.5 Å². The number of alkyl halides is 3. The van der Waals surface area contributed by atoms with E-state index in [1.807, 2.05) is 0 Å². The lowest BCUT2D eigenvalue weighted by molar-refractivity contribution is -0.129. The third-order valence-corrected chi connectivity index (χ3v) is 3.81. The fourth-order valence-electron chi connectivity index (χ4n) is 1.01. The number of halogens is 4. The molecule has 0 N–H and O–H groups in total. The van der Waals surface area contributed by atoms with Crippen LogP contribution in [-0.4, -0.2) is 20.3 Å². The fourth-order valence-corrected chi connectivity index (χ4v) is 2.42. The van der Waals surface area contributed by atoms with Crippen LogP contribution in [0.5, 0.6) is 0 Å². The first kappa shape index (κ1) is 13.3. The predicted molar refractivity (Wildman–Crippen MR) is 54.2 cm³/mol. The lowest BCUT2D eigenvalue weighted by atomic mass is 10.4. The predicted octanol–water partition coefficient (Wildman–Crippen LogP) is 3.07. The quantitative estimate of drug-likeness (QED) is 0.847. The van der Waals surface area contributed by atoms with Crippen LogP contribution in [0, 0.1) is 0 Å². The van der Waals surface area contributed by atoms with Gasteiger partial charge in [0.2, 0.25) is 0 Å². The molecule has 0 fully saturated rings. The van der Waals surface area contributed by atoms with Crippen molar-refractivity contribution in [1.29, 1.82) is 0 Å². The second-order valence-electron chi connectivity index (χ2n) is 3.14. The average molecular weight is 273 g/mol. The molecule has 0 aromatic heterocycles. The number of hydrogen-bond acceptors (Lipinski definition) is 2. The summed E-state index contributed by atoms with van der Waals surface area (Å²) in [5.41, 5.74) is 0. The third-order valence-electron chi connectivity index (χ3n) is 1.83. The highest BCUT2D eigenvalue weighted by Gasteiger charge is 2.30. The van der Waals surface area contributed by atoms with Gasteiger partial charge in [-0.25, -0.2) is 8.42 Å². The van der Waals surface area contributed by atoms with Gasteiger partial charge in [-0.15, -0.1) is 0 Å². The molecule has 16 heavy (non-hydrogen) atoms. The molecule has 1 aromatic rings. The molecule has 0 radical (unpaired) electrons. The average Bonchev–Trinajstić information content (AvgIpc) is 2.15. The first-order chi connectivity index (χ1) is 7.21. The number of rotatable bonds is 3. The zero-order valence-corrected chi connectivity index (χ0v) is 9.53. The monoisotopic (exact) mass is 272 g/mol. The zero-order valence-electron chi connectivity index (χ0n) is 7.96. The minimum atomic E-state index is -4.47. The second kappa shape index (κ2) is 4.63. The maximum Gasteiger partial charge on any atom is 0.390 e. The van der Waals surface area contributed by atoms with Gasteiger partial charge in [0.25, 0.3) is 0 Å². The van der Waals surface area contributed by atoms with Crippen LogP contribution in [-0.2, 0) is 9.84 Å². The van der Waals surface area contributed by atoms with Gasteiger partial charge in [-0.2, -0.15) is 13.2 Å². The zero-order chi connectivity index (χ0) is 12.4. The van der Waals surface area contributed by atoms with E-state index in [2.05, 4.69) is 0 Å². The Morgan fingerprint density at radius 3 is 2.06 bits per heavy atom. The highest BCUT2D eigenvalue weighted by Crippen LogP contribution is 2.23. The van der Waals surface area contributed by atoms with Crippen LogP contribution < -0.4 is 0 Å². The molecular weight excluding hydrogens is 265 g/mol. The topological polar surface area (TPSA) is 34.1 Å². The largest absolute Gasteiger partial charge is 0.390 e. The van der Waals surface area contributed by atoms with Crippen molar-refractivity contribution < 1.29 is 21.6 Å². The Morgan fingerprint density at radius 2 is 1.62 bits per heavy atom. The number of benzene rings is 1.